The fourth-order valence-electron chi connectivity index (χ4n) is 5.85. The van der Waals surface area contributed by atoms with Crippen molar-refractivity contribution in [2.24, 2.45) is 4.99 Å². The van der Waals surface area contributed by atoms with Gasteiger partial charge in [0.25, 0.3) is 0 Å². The topological polar surface area (TPSA) is 100 Å². The van der Waals surface area contributed by atoms with Gasteiger partial charge in [-0.3, -0.25) is 9.89 Å². The zero-order chi connectivity index (χ0) is 29.4. The summed E-state index contributed by atoms with van der Waals surface area (Å²) in [7, 11) is 0. The number of fused-ring (bicyclic) bond motifs is 2. The van der Waals surface area contributed by atoms with E-state index >= 15 is 0 Å². The average molecular weight is 591 g/mol. The number of benzene rings is 3. The Morgan fingerprint density at radius 2 is 1.95 bits per heavy atom. The average Bonchev–Trinajstić information content (AvgIpc) is 3.32. The van der Waals surface area contributed by atoms with E-state index in [1.807, 2.05) is 23.6 Å². The maximum absolute atomic E-state index is 14.7. The molecule has 0 aliphatic carbocycles. The summed E-state index contributed by atoms with van der Waals surface area (Å²) in [5.74, 6) is 0.332. The third kappa shape index (κ3) is 5.64. The molecule has 2 unspecified atom stereocenters. The lowest BCUT2D eigenvalue weighted by Crippen LogP contribution is -2.34. The number of hydrogen-bond donors (Lipinski definition) is 2. The highest BCUT2D eigenvalue weighted by Gasteiger charge is 2.29. The van der Waals surface area contributed by atoms with Gasteiger partial charge < -0.3 is 19.5 Å². The fraction of sp³-hybridized carbons (Fsp3) is 0.344. The van der Waals surface area contributed by atoms with Crippen LogP contribution >= 0.6 is 11.6 Å². The van der Waals surface area contributed by atoms with Crippen LogP contribution in [0.15, 0.2) is 59.6 Å². The lowest BCUT2D eigenvalue weighted by molar-refractivity contribution is 0.0697. The first-order valence-corrected chi connectivity index (χ1v) is 14.6. The Hall–Kier alpha value is -3.79. The summed E-state index contributed by atoms with van der Waals surface area (Å²) in [6.07, 6.45) is 2.81. The van der Waals surface area contributed by atoms with Crippen LogP contribution in [-0.2, 0) is 13.1 Å². The molecule has 42 heavy (non-hydrogen) atoms. The van der Waals surface area contributed by atoms with Crippen LogP contribution in [0, 0.1) is 5.82 Å². The second-order valence-corrected chi connectivity index (χ2v) is 11.4. The first-order valence-electron chi connectivity index (χ1n) is 14.2. The molecule has 0 saturated carbocycles. The summed E-state index contributed by atoms with van der Waals surface area (Å²) in [4.78, 5) is 23.3. The molecule has 218 valence electrons. The van der Waals surface area contributed by atoms with Crippen molar-refractivity contribution >= 4 is 40.5 Å². The number of ether oxygens (including phenoxy) is 1. The summed E-state index contributed by atoms with van der Waals surface area (Å²) in [5.41, 5.74) is 3.83. The summed E-state index contributed by atoms with van der Waals surface area (Å²) < 4.78 is 23.0. The molecule has 0 bridgehead atoms. The van der Waals surface area contributed by atoms with Gasteiger partial charge in [0.15, 0.2) is 6.10 Å². The van der Waals surface area contributed by atoms with E-state index in [4.69, 9.17) is 21.3 Å². The van der Waals surface area contributed by atoms with E-state index in [2.05, 4.69) is 16.0 Å². The third-order valence-corrected chi connectivity index (χ3v) is 8.45. The number of para-hydroxylation sites is 1. The van der Waals surface area contributed by atoms with Crippen LogP contribution in [0.25, 0.3) is 11.0 Å². The van der Waals surface area contributed by atoms with Gasteiger partial charge >= 0.3 is 5.97 Å². The molecule has 0 radical (unpaired) electrons. The van der Waals surface area contributed by atoms with Gasteiger partial charge in [-0.15, -0.1) is 0 Å². The Morgan fingerprint density at radius 1 is 1.14 bits per heavy atom. The lowest BCUT2D eigenvalue weighted by Gasteiger charge is -2.34. The number of halogens is 2. The SMILES string of the molecule is CCC(O)Cn1c(CN2CCC(c3cccc4c3OC(c3ccc(Cl)cc3F)C=N4)CC2)nc2ccc(C(=O)O)cc21. The number of aromatic carboxylic acids is 1. The predicted molar refractivity (Wildman–Crippen MR) is 160 cm³/mol. The Kier molecular flexibility index (Phi) is 7.98. The number of rotatable bonds is 8. The van der Waals surface area contributed by atoms with Crippen molar-refractivity contribution in [2.75, 3.05) is 13.1 Å². The van der Waals surface area contributed by atoms with Crippen molar-refractivity contribution in [3.05, 3.63) is 88.0 Å². The van der Waals surface area contributed by atoms with Gasteiger partial charge in [0, 0.05) is 10.6 Å². The molecule has 1 fully saturated rings. The number of aromatic nitrogens is 2. The molecular weight excluding hydrogens is 559 g/mol. The smallest absolute Gasteiger partial charge is 0.335 e. The summed E-state index contributed by atoms with van der Waals surface area (Å²) in [6, 6.07) is 15.5. The number of likely N-dealkylation sites (tertiary alicyclic amines) is 1. The molecule has 0 spiro atoms. The van der Waals surface area contributed by atoms with Gasteiger partial charge in [-0.2, -0.15) is 0 Å². The third-order valence-electron chi connectivity index (χ3n) is 8.22. The van der Waals surface area contributed by atoms with Crippen molar-refractivity contribution < 1.29 is 24.1 Å². The first kappa shape index (κ1) is 28.3. The van der Waals surface area contributed by atoms with E-state index in [-0.39, 0.29) is 11.5 Å². The minimum absolute atomic E-state index is 0.195. The Balaban J connectivity index is 1.19. The maximum Gasteiger partial charge on any atom is 0.335 e. The molecule has 4 aromatic rings. The maximum atomic E-state index is 14.7. The van der Waals surface area contributed by atoms with Crippen LogP contribution in [0.2, 0.25) is 5.02 Å². The lowest BCUT2D eigenvalue weighted by atomic mass is 9.88. The van der Waals surface area contributed by atoms with Gasteiger partial charge in [0.05, 0.1) is 42.0 Å². The van der Waals surface area contributed by atoms with E-state index in [1.54, 1.807) is 36.5 Å². The van der Waals surface area contributed by atoms with E-state index in [1.165, 1.54) is 6.07 Å². The molecule has 1 aromatic heterocycles. The summed E-state index contributed by atoms with van der Waals surface area (Å²) in [6.45, 7) is 4.51. The molecule has 2 aliphatic heterocycles. The number of aliphatic hydroxyl groups excluding tert-OH is 1. The molecule has 6 rings (SSSR count). The largest absolute Gasteiger partial charge is 0.478 e. The van der Waals surface area contributed by atoms with Crippen LogP contribution in [0.5, 0.6) is 5.75 Å². The van der Waals surface area contributed by atoms with Crippen LogP contribution < -0.4 is 4.74 Å². The van der Waals surface area contributed by atoms with Crippen molar-refractivity contribution in [3.8, 4) is 5.75 Å². The molecule has 1 saturated heterocycles. The number of carbonyl (C=O) groups is 1. The minimum atomic E-state index is -0.994. The number of carboxylic acid groups (broad SMARTS) is 1. The number of imidazole rings is 1. The highest BCUT2D eigenvalue weighted by molar-refractivity contribution is 6.30. The van der Waals surface area contributed by atoms with Crippen molar-refractivity contribution in [2.45, 2.75) is 57.4 Å². The second-order valence-electron chi connectivity index (χ2n) is 10.9. The molecule has 0 amide bonds. The van der Waals surface area contributed by atoms with E-state index in [9.17, 15) is 19.4 Å². The predicted octanol–water partition coefficient (Wildman–Crippen LogP) is 6.51. The summed E-state index contributed by atoms with van der Waals surface area (Å²) in [5, 5.41) is 20.3. The van der Waals surface area contributed by atoms with Crippen molar-refractivity contribution in [1.29, 1.82) is 0 Å². The van der Waals surface area contributed by atoms with Gasteiger partial charge in [-0.05, 0) is 80.2 Å². The van der Waals surface area contributed by atoms with E-state index in [0.29, 0.717) is 46.9 Å². The number of carboxylic acids is 1. The normalized spacial score (nSPS) is 18.1. The monoisotopic (exact) mass is 590 g/mol. The number of aliphatic imine (C=N–C) groups is 1. The molecule has 3 aromatic carbocycles. The fourth-order valence-corrected chi connectivity index (χ4v) is 6.01. The molecule has 2 aliphatic rings. The van der Waals surface area contributed by atoms with Crippen molar-refractivity contribution in [3.63, 3.8) is 0 Å². The molecule has 2 N–H and O–H groups in total. The molecule has 8 nitrogen and oxygen atoms in total. The molecule has 2 atom stereocenters. The minimum Gasteiger partial charge on any atom is -0.478 e. The van der Waals surface area contributed by atoms with Gasteiger partial charge in [0.1, 0.15) is 23.1 Å². The first-order chi connectivity index (χ1) is 20.3. The Bertz CT molecular complexity index is 1660. The zero-order valence-corrected chi connectivity index (χ0v) is 24.0. The molecule has 10 heteroatoms. The van der Waals surface area contributed by atoms with Crippen LogP contribution in [0.3, 0.4) is 0 Å². The second kappa shape index (κ2) is 11.8. The van der Waals surface area contributed by atoms with Gasteiger partial charge in [-0.1, -0.05) is 36.7 Å². The highest BCUT2D eigenvalue weighted by atomic mass is 35.5. The Labute approximate surface area is 248 Å². The van der Waals surface area contributed by atoms with E-state index < -0.39 is 24.0 Å². The zero-order valence-electron chi connectivity index (χ0n) is 23.2. The Morgan fingerprint density at radius 3 is 2.69 bits per heavy atom. The summed E-state index contributed by atoms with van der Waals surface area (Å²) >= 11 is 5.95. The highest BCUT2D eigenvalue weighted by Crippen LogP contribution is 2.44. The number of piperidine rings is 1. The molecular formula is C32H32ClFN4O4. The van der Waals surface area contributed by atoms with Gasteiger partial charge in [-0.25, -0.2) is 14.2 Å². The number of aliphatic hydroxyl groups is 1. The van der Waals surface area contributed by atoms with Crippen LogP contribution in [-0.4, -0.2) is 56.0 Å². The van der Waals surface area contributed by atoms with Crippen molar-refractivity contribution in [1.82, 2.24) is 14.5 Å². The molecule has 3 heterocycles. The quantitative estimate of drug-likeness (QED) is 0.242. The number of hydrogen-bond acceptors (Lipinski definition) is 6. The van der Waals surface area contributed by atoms with Crippen LogP contribution in [0.4, 0.5) is 10.1 Å². The van der Waals surface area contributed by atoms with Gasteiger partial charge in [0.2, 0.25) is 0 Å². The van der Waals surface area contributed by atoms with E-state index in [0.717, 1.165) is 43.0 Å². The number of nitrogens with zero attached hydrogens (tertiary/aromatic N) is 4. The van der Waals surface area contributed by atoms with Crippen LogP contribution in [0.1, 0.15) is 65.5 Å². The standard InChI is InChI=1S/C32H32ClFN4O4/c1-2-22(39)17-38-28-14-20(32(40)41)6-9-26(28)36-30(38)18-37-12-10-19(11-13-37)23-4-3-5-27-31(23)42-29(16-35-27)24-8-7-21(33)15-25(24)34/h3-9,14-16,19,22,29,39H,2,10-13,17-18H2,1H3,(H,40,41).